The fraction of sp³-hybridized carbons (Fsp3) is 0.554. The molecule has 1 aromatic heterocycles. The second kappa shape index (κ2) is 44.7. The van der Waals surface area contributed by atoms with E-state index in [1.54, 1.807) is 18.5 Å². The van der Waals surface area contributed by atoms with Crippen LogP contribution in [0.5, 0.6) is 0 Å². The highest BCUT2D eigenvalue weighted by atomic mass is 35.5. The first-order valence-electron chi connectivity index (χ1n) is 45.7. The quantitative estimate of drug-likeness (QED) is 0.0182. The van der Waals surface area contributed by atoms with Crippen molar-refractivity contribution >= 4 is 116 Å². The summed E-state index contributed by atoms with van der Waals surface area (Å²) < 4.78 is 11.2. The second-order valence-corrected chi connectivity index (χ2v) is 39.0. The second-order valence-electron chi connectivity index (χ2n) is 38.1. The summed E-state index contributed by atoms with van der Waals surface area (Å²) in [5.41, 5.74) is 10.7. The number of carbonyl (C=O) groups excluding carboxylic acids is 2. The van der Waals surface area contributed by atoms with Crippen molar-refractivity contribution in [3.63, 3.8) is 0 Å². The molecule has 0 radical (unpaired) electrons. The van der Waals surface area contributed by atoms with Crippen LogP contribution in [-0.2, 0) is 55.3 Å². The monoisotopic (exact) mass is 1720 g/mol. The number of aromatic nitrogens is 2. The lowest BCUT2D eigenvalue weighted by Crippen LogP contribution is -2.43. The summed E-state index contributed by atoms with van der Waals surface area (Å²) in [5, 5.41) is 45.1. The zero-order valence-electron chi connectivity index (χ0n) is 75.7. The van der Waals surface area contributed by atoms with Crippen molar-refractivity contribution in [2.75, 3.05) is 93.3 Å². The average molecular weight is 1730 g/mol. The summed E-state index contributed by atoms with van der Waals surface area (Å²) in [6.45, 7) is 38.2. The highest BCUT2D eigenvalue weighted by Crippen LogP contribution is 2.51. The molecule has 668 valence electrons. The minimum atomic E-state index is -0.822. The third-order valence-electron chi connectivity index (χ3n) is 25.2. The van der Waals surface area contributed by atoms with Crippen LogP contribution in [0.1, 0.15) is 254 Å². The number of anilines is 11. The Morgan fingerprint density at radius 3 is 1.15 bits per heavy atom. The number of halogens is 2. The Morgan fingerprint density at radius 1 is 0.431 bits per heavy atom. The molecule has 5 aliphatic carbocycles. The number of benzene rings is 6. The summed E-state index contributed by atoms with van der Waals surface area (Å²) >= 11 is 12.2. The van der Waals surface area contributed by atoms with Gasteiger partial charge < -0.3 is 65.7 Å². The maximum atomic E-state index is 12.6. The molecule has 0 spiro atoms. The van der Waals surface area contributed by atoms with E-state index in [1.165, 1.54) is 37.8 Å². The number of nitrogens with one attached hydrogen (secondary N) is 4. The summed E-state index contributed by atoms with van der Waals surface area (Å²) in [6.07, 6.45) is 23.4. The maximum Gasteiger partial charge on any atom is 0.314 e. The summed E-state index contributed by atoms with van der Waals surface area (Å²) in [4.78, 5) is 78.9. The van der Waals surface area contributed by atoms with Crippen LogP contribution in [0.2, 0.25) is 10.0 Å². The number of carboxylic acid groups (broad SMARTS) is 3. The predicted octanol–water partition coefficient (Wildman–Crippen LogP) is 24.2. The Balaban J connectivity index is 0.000000172. The summed E-state index contributed by atoms with van der Waals surface area (Å²) in [5.74, 6) is 1.16. The Kier molecular flexibility index (Phi) is 34.9. The SMILES string of the molecule is CC(C)CN(CC(C)C)c1ccc(C2(C(=O)O)CCCC2)cc1Nc1ccc(Cl)cc1.CC(C)CN(CC(C)C)c1ccc(C2(C(=O)O)CCCC2)cc1Nc1ncccn1.CC(C)CN(c1ccc(C2(C(=O)O)CCC2)cc1NC(=O)C(C)C)C1CCOCC1.CC(C)CN(c1ccc(C2(OC=O)CCC2)cc1Nc1ccc(Cl)cc1)C1CCCCC1. The molecule has 7 N–H and O–H groups in total. The van der Waals surface area contributed by atoms with Gasteiger partial charge in [-0.25, -0.2) is 9.97 Å². The molecule has 22 heteroatoms. The van der Waals surface area contributed by atoms with Gasteiger partial charge in [0, 0.05) is 104 Å². The van der Waals surface area contributed by atoms with Gasteiger partial charge in [-0.2, -0.15) is 0 Å². The first-order chi connectivity index (χ1) is 58.8. The lowest BCUT2D eigenvalue weighted by atomic mass is 9.64. The third-order valence-corrected chi connectivity index (χ3v) is 25.7. The van der Waals surface area contributed by atoms with Gasteiger partial charge in [0.05, 0.1) is 61.7 Å². The van der Waals surface area contributed by atoms with Crippen molar-refractivity contribution in [2.45, 2.75) is 266 Å². The van der Waals surface area contributed by atoms with Gasteiger partial charge >= 0.3 is 17.9 Å². The molecule has 2 heterocycles. The minimum Gasteiger partial charge on any atom is -0.481 e. The zero-order valence-corrected chi connectivity index (χ0v) is 77.2. The molecule has 1 amide bonds. The zero-order chi connectivity index (χ0) is 88.8. The van der Waals surface area contributed by atoms with Crippen molar-refractivity contribution in [2.24, 2.45) is 41.4 Å². The molecule has 13 rings (SSSR count). The van der Waals surface area contributed by atoms with E-state index >= 15 is 0 Å². The topological polar surface area (TPSA) is 251 Å². The first kappa shape index (κ1) is 96.1. The fourth-order valence-corrected chi connectivity index (χ4v) is 19.0. The van der Waals surface area contributed by atoms with Gasteiger partial charge in [0.25, 0.3) is 6.47 Å². The number of rotatable bonds is 35. The molecule has 0 bridgehead atoms. The lowest BCUT2D eigenvalue weighted by Gasteiger charge is -2.42. The standard InChI is InChI=1S/C27H35ClN2O2.C26H35ClN2O2.C24H34N4O2.C24H36N2O4/c1-20(2)18-30(24-7-4-3-5-8-24)26-14-9-21(27(32-19-31)15-6-16-27)17-25(26)29-23-12-10-22(28)11-13-23;1-18(2)16-29(17-19(3)4)24-12-7-20(26(25(30)31)13-5-6-14-26)15-23(24)28-22-10-8-21(27)9-11-22;1-17(2)15-28(16-18(3)4)21-9-8-19(24(22(29)30)10-5-6-11-24)14-20(21)27-23-25-12-7-13-26-23;1-16(2)15-26(19-8-12-30-13-9-19)21-7-6-18(24(23(28)29)10-5-11-24)14-20(21)25-22(27)17(3)4/h9-14,17,19-20,24,29H,3-8,15-16,18H2,1-2H3;7-12,15,18-19,28H,5-6,13-14,16-17H2,1-4H3,(H,30,31);7-9,12-14,17-18H,5-6,10-11,15-16H2,1-4H3,(H,29,30)(H,25,26,27);6-7,14,16-17,19H,5,8-13,15H2,1-4H3,(H,25,27)(H,28,29). The smallest absolute Gasteiger partial charge is 0.314 e. The molecule has 7 aromatic rings. The van der Waals surface area contributed by atoms with E-state index in [0.717, 1.165) is 195 Å². The van der Waals surface area contributed by atoms with E-state index in [2.05, 4.69) is 170 Å². The molecule has 6 aliphatic rings. The van der Waals surface area contributed by atoms with Gasteiger partial charge in [0.2, 0.25) is 11.9 Å². The first-order valence-corrected chi connectivity index (χ1v) is 46.4. The van der Waals surface area contributed by atoms with E-state index in [4.69, 9.17) is 32.7 Å². The van der Waals surface area contributed by atoms with E-state index in [1.807, 2.05) is 98.8 Å². The lowest BCUT2D eigenvalue weighted by molar-refractivity contribution is -0.155. The van der Waals surface area contributed by atoms with Crippen LogP contribution in [0.15, 0.2) is 140 Å². The molecular weight excluding hydrogens is 1580 g/mol. The van der Waals surface area contributed by atoms with Gasteiger partial charge in [0.15, 0.2) is 0 Å². The number of hydrogen-bond donors (Lipinski definition) is 7. The highest BCUT2D eigenvalue weighted by molar-refractivity contribution is 6.31. The molecule has 0 unspecified atom stereocenters. The highest BCUT2D eigenvalue weighted by Gasteiger charge is 2.48. The Bertz CT molecular complexity index is 4530. The Hall–Kier alpha value is -9.11. The van der Waals surface area contributed by atoms with E-state index < -0.39 is 39.8 Å². The number of carboxylic acids is 3. The maximum absolute atomic E-state index is 12.6. The molecular formula is C101H140Cl2N10O10. The molecule has 1 aliphatic heterocycles. The molecule has 123 heavy (non-hydrogen) atoms. The number of amides is 1. The molecule has 6 fully saturated rings. The van der Waals surface area contributed by atoms with Crippen molar-refractivity contribution in [1.29, 1.82) is 0 Å². The van der Waals surface area contributed by atoms with Crippen LogP contribution in [0.25, 0.3) is 0 Å². The van der Waals surface area contributed by atoms with E-state index in [-0.39, 0.29) is 11.8 Å². The average Bonchev–Trinajstić information content (AvgIpc) is 1.56. The Morgan fingerprint density at radius 2 is 0.780 bits per heavy atom. The van der Waals surface area contributed by atoms with Crippen LogP contribution in [0.4, 0.5) is 62.8 Å². The number of ether oxygens (including phenoxy) is 2. The van der Waals surface area contributed by atoms with Crippen molar-refractivity contribution in [3.8, 4) is 0 Å². The number of carbonyl (C=O) groups is 5. The minimum absolute atomic E-state index is 0.0529. The van der Waals surface area contributed by atoms with Crippen LogP contribution in [0, 0.1) is 41.4 Å². The van der Waals surface area contributed by atoms with Gasteiger partial charge in [-0.1, -0.05) is 196 Å². The van der Waals surface area contributed by atoms with Gasteiger partial charge in [-0.3, -0.25) is 24.0 Å². The van der Waals surface area contributed by atoms with Gasteiger partial charge in [-0.05, 0) is 244 Å². The van der Waals surface area contributed by atoms with Crippen molar-refractivity contribution in [3.05, 3.63) is 172 Å². The molecule has 1 saturated heterocycles. The normalized spacial score (nSPS) is 17.0. The fourth-order valence-electron chi connectivity index (χ4n) is 18.7. The van der Waals surface area contributed by atoms with E-state index in [0.29, 0.717) is 104 Å². The van der Waals surface area contributed by atoms with Crippen LogP contribution >= 0.6 is 23.2 Å². The van der Waals surface area contributed by atoms with Crippen molar-refractivity contribution in [1.82, 2.24) is 9.97 Å². The van der Waals surface area contributed by atoms with E-state index in [9.17, 15) is 39.3 Å². The molecule has 6 aromatic carbocycles. The summed E-state index contributed by atoms with van der Waals surface area (Å²) in [7, 11) is 0. The number of nitrogens with zero attached hydrogens (tertiary/aromatic N) is 6. The molecule has 0 atom stereocenters. The Labute approximate surface area is 743 Å². The number of hydrogen-bond acceptors (Lipinski definition) is 16. The van der Waals surface area contributed by atoms with Gasteiger partial charge in [0.1, 0.15) is 5.60 Å². The summed E-state index contributed by atoms with van der Waals surface area (Å²) in [6, 6.07) is 43.0. The largest absolute Gasteiger partial charge is 0.481 e. The molecule has 5 saturated carbocycles. The van der Waals surface area contributed by atoms with Crippen molar-refractivity contribution < 1.29 is 48.8 Å². The van der Waals surface area contributed by atoms with Crippen LogP contribution < -0.4 is 40.9 Å². The number of aliphatic carboxylic acids is 3. The molecule has 20 nitrogen and oxygen atoms in total. The van der Waals surface area contributed by atoms with Gasteiger partial charge in [-0.15, -0.1) is 0 Å². The van der Waals surface area contributed by atoms with Crippen LogP contribution in [0.3, 0.4) is 0 Å². The predicted molar refractivity (Wildman–Crippen MR) is 504 cm³/mol. The van der Waals surface area contributed by atoms with Crippen LogP contribution in [-0.4, -0.2) is 120 Å². The third kappa shape index (κ3) is 25.2.